The first kappa shape index (κ1) is 25.4. The second-order valence-corrected chi connectivity index (χ2v) is 8.98. The predicted octanol–water partition coefficient (Wildman–Crippen LogP) is 5.03. The van der Waals surface area contributed by atoms with Gasteiger partial charge in [0.2, 0.25) is 5.91 Å². The first-order valence-corrected chi connectivity index (χ1v) is 12.6. The van der Waals surface area contributed by atoms with Crippen LogP contribution in [0.15, 0.2) is 54.6 Å². The average molecular weight is 491 g/mol. The molecule has 3 rings (SSSR count). The smallest absolute Gasteiger partial charge is 0.329 e. The van der Waals surface area contributed by atoms with E-state index in [1.165, 1.54) is 5.56 Å². The molecular weight excluding hydrogens is 459 g/mol. The quantitative estimate of drug-likeness (QED) is 0.309. The summed E-state index contributed by atoms with van der Waals surface area (Å²) in [5, 5.41) is 0. The molecule has 1 saturated heterocycles. The zero-order valence-corrected chi connectivity index (χ0v) is 20.4. The normalized spacial score (nSPS) is 15.5. The van der Waals surface area contributed by atoms with Crippen LogP contribution in [0.25, 0.3) is 0 Å². The fourth-order valence-corrected chi connectivity index (χ4v) is 4.58. The lowest BCUT2D eigenvalue weighted by Gasteiger charge is -2.23. The van der Waals surface area contributed by atoms with Crippen LogP contribution >= 0.6 is 23.2 Å². The lowest BCUT2D eigenvalue weighted by molar-refractivity contribution is -0.154. The number of hydrogen-bond acceptors (Lipinski definition) is 4. The van der Waals surface area contributed by atoms with Gasteiger partial charge in [0.1, 0.15) is 12.6 Å². The standard InChI is InChI=1S/C26H32Cl2N2O3/c27-15-18-29(19-16-28)23-13-11-21(12-14-23)8-4-10-25(31)30-17-5-9-24(30)26(32)33-20-22-6-2-1-3-7-22/h1-3,6-7,11-14,24H,4-5,8-10,15-20H2. The molecule has 0 aliphatic carbocycles. The van der Waals surface area contributed by atoms with Gasteiger partial charge in [-0.15, -0.1) is 23.2 Å². The number of halogens is 2. The zero-order valence-electron chi connectivity index (χ0n) is 18.9. The number of benzene rings is 2. The first-order valence-electron chi connectivity index (χ1n) is 11.6. The summed E-state index contributed by atoms with van der Waals surface area (Å²) in [6.45, 7) is 2.37. The largest absolute Gasteiger partial charge is 0.459 e. The van der Waals surface area contributed by atoms with Crippen LogP contribution in [0.5, 0.6) is 0 Å². The van der Waals surface area contributed by atoms with Crippen LogP contribution in [0.3, 0.4) is 0 Å². The van der Waals surface area contributed by atoms with Crippen molar-refractivity contribution in [2.45, 2.75) is 44.8 Å². The third-order valence-electron chi connectivity index (χ3n) is 5.94. The number of ether oxygens (including phenoxy) is 1. The molecule has 1 aliphatic heterocycles. The Labute approximate surface area is 206 Å². The molecule has 1 fully saturated rings. The van der Waals surface area contributed by atoms with Crippen molar-refractivity contribution in [2.24, 2.45) is 0 Å². The molecule has 0 aromatic heterocycles. The topological polar surface area (TPSA) is 49.9 Å². The van der Waals surface area contributed by atoms with Crippen molar-refractivity contribution in [1.29, 1.82) is 0 Å². The molecule has 2 aromatic rings. The number of amides is 1. The highest BCUT2D eigenvalue weighted by molar-refractivity contribution is 6.18. The van der Waals surface area contributed by atoms with Gasteiger partial charge in [-0.05, 0) is 48.9 Å². The molecule has 0 radical (unpaired) electrons. The van der Waals surface area contributed by atoms with Crippen molar-refractivity contribution in [1.82, 2.24) is 4.90 Å². The lowest BCUT2D eigenvalue weighted by atomic mass is 10.1. The van der Waals surface area contributed by atoms with E-state index in [4.69, 9.17) is 27.9 Å². The van der Waals surface area contributed by atoms with E-state index in [1.807, 2.05) is 30.3 Å². The van der Waals surface area contributed by atoms with Crippen LogP contribution in [0.2, 0.25) is 0 Å². The molecule has 178 valence electrons. The van der Waals surface area contributed by atoms with E-state index in [0.717, 1.165) is 43.6 Å². The van der Waals surface area contributed by atoms with Crippen LogP contribution in [0.4, 0.5) is 5.69 Å². The van der Waals surface area contributed by atoms with Gasteiger partial charge in [0.15, 0.2) is 0 Å². The summed E-state index contributed by atoms with van der Waals surface area (Å²) in [6, 6.07) is 17.5. The summed E-state index contributed by atoms with van der Waals surface area (Å²) < 4.78 is 5.48. The summed E-state index contributed by atoms with van der Waals surface area (Å²) >= 11 is 11.8. The second kappa shape index (κ2) is 13.5. The van der Waals surface area contributed by atoms with Gasteiger partial charge >= 0.3 is 5.97 Å². The molecule has 2 aromatic carbocycles. The molecule has 1 aliphatic rings. The van der Waals surface area contributed by atoms with E-state index in [2.05, 4.69) is 29.2 Å². The average Bonchev–Trinajstić information content (AvgIpc) is 3.34. The van der Waals surface area contributed by atoms with Crippen molar-refractivity contribution in [3.8, 4) is 0 Å². The number of aryl methyl sites for hydroxylation is 1. The Kier molecular flexibility index (Phi) is 10.4. The maximum Gasteiger partial charge on any atom is 0.329 e. The Morgan fingerprint density at radius 3 is 2.33 bits per heavy atom. The summed E-state index contributed by atoms with van der Waals surface area (Å²) in [5.41, 5.74) is 3.23. The SMILES string of the molecule is O=C(OCc1ccccc1)C1CCCN1C(=O)CCCc1ccc(N(CCCl)CCCl)cc1. The van der Waals surface area contributed by atoms with Crippen molar-refractivity contribution in [3.63, 3.8) is 0 Å². The number of nitrogens with zero attached hydrogens (tertiary/aromatic N) is 2. The van der Waals surface area contributed by atoms with E-state index in [1.54, 1.807) is 4.90 Å². The molecule has 0 bridgehead atoms. The van der Waals surface area contributed by atoms with Crippen molar-refractivity contribution >= 4 is 40.8 Å². The number of likely N-dealkylation sites (tertiary alicyclic amines) is 1. The number of carbonyl (C=O) groups is 2. The highest BCUT2D eigenvalue weighted by atomic mass is 35.5. The van der Waals surface area contributed by atoms with Crippen LogP contribution < -0.4 is 4.90 Å². The van der Waals surface area contributed by atoms with Crippen molar-refractivity contribution in [3.05, 3.63) is 65.7 Å². The van der Waals surface area contributed by atoms with Gasteiger partial charge in [-0.3, -0.25) is 4.79 Å². The molecule has 5 nitrogen and oxygen atoms in total. The van der Waals surface area contributed by atoms with Gasteiger partial charge in [-0.2, -0.15) is 0 Å². The Hall–Kier alpha value is -2.24. The maximum atomic E-state index is 12.8. The van der Waals surface area contributed by atoms with Crippen LogP contribution in [0, 0.1) is 0 Å². The number of rotatable bonds is 12. The third kappa shape index (κ3) is 7.65. The number of anilines is 1. The Bertz CT molecular complexity index is 871. The number of esters is 1. The molecule has 7 heteroatoms. The van der Waals surface area contributed by atoms with Crippen LogP contribution in [-0.2, 0) is 27.4 Å². The minimum absolute atomic E-state index is 0.0289. The molecule has 1 heterocycles. The monoisotopic (exact) mass is 490 g/mol. The highest BCUT2D eigenvalue weighted by Crippen LogP contribution is 2.22. The lowest BCUT2D eigenvalue weighted by Crippen LogP contribution is -2.41. The highest BCUT2D eigenvalue weighted by Gasteiger charge is 2.34. The minimum atomic E-state index is -0.463. The first-order chi connectivity index (χ1) is 16.1. The fraction of sp³-hybridized carbons (Fsp3) is 0.462. The molecule has 0 spiro atoms. The predicted molar refractivity (Wildman–Crippen MR) is 134 cm³/mol. The maximum absolute atomic E-state index is 12.8. The van der Waals surface area contributed by atoms with Crippen molar-refractivity contribution in [2.75, 3.05) is 36.3 Å². The minimum Gasteiger partial charge on any atom is -0.459 e. The van der Waals surface area contributed by atoms with Gasteiger partial charge in [0, 0.05) is 43.5 Å². The summed E-state index contributed by atoms with van der Waals surface area (Å²) in [6.07, 6.45) is 3.48. The number of carbonyl (C=O) groups excluding carboxylic acids is 2. The molecule has 0 N–H and O–H groups in total. The third-order valence-corrected chi connectivity index (χ3v) is 6.27. The van der Waals surface area contributed by atoms with E-state index >= 15 is 0 Å². The van der Waals surface area contributed by atoms with Crippen molar-refractivity contribution < 1.29 is 14.3 Å². The van der Waals surface area contributed by atoms with Gasteiger partial charge < -0.3 is 14.5 Å². The molecule has 1 unspecified atom stereocenters. The van der Waals surface area contributed by atoms with E-state index < -0.39 is 6.04 Å². The van der Waals surface area contributed by atoms with Gasteiger partial charge in [0.05, 0.1) is 0 Å². The van der Waals surface area contributed by atoms with Gasteiger partial charge in [0.25, 0.3) is 0 Å². The Morgan fingerprint density at radius 2 is 1.67 bits per heavy atom. The summed E-state index contributed by atoms with van der Waals surface area (Å²) in [7, 11) is 0. The van der Waals surface area contributed by atoms with E-state index in [-0.39, 0.29) is 18.5 Å². The second-order valence-electron chi connectivity index (χ2n) is 8.22. The summed E-state index contributed by atoms with van der Waals surface area (Å²) in [5.74, 6) is 0.829. The Morgan fingerprint density at radius 1 is 0.970 bits per heavy atom. The van der Waals surface area contributed by atoms with Gasteiger partial charge in [-0.25, -0.2) is 4.79 Å². The molecular formula is C26H32Cl2N2O3. The summed E-state index contributed by atoms with van der Waals surface area (Å²) in [4.78, 5) is 29.2. The number of hydrogen-bond donors (Lipinski definition) is 0. The molecule has 1 amide bonds. The fourth-order valence-electron chi connectivity index (χ4n) is 4.17. The molecule has 33 heavy (non-hydrogen) atoms. The van der Waals surface area contributed by atoms with E-state index in [0.29, 0.717) is 31.1 Å². The van der Waals surface area contributed by atoms with Crippen LogP contribution in [0.1, 0.15) is 36.8 Å². The van der Waals surface area contributed by atoms with Gasteiger partial charge in [-0.1, -0.05) is 42.5 Å². The molecule has 0 saturated carbocycles. The van der Waals surface area contributed by atoms with E-state index in [9.17, 15) is 9.59 Å². The van der Waals surface area contributed by atoms with Crippen LogP contribution in [-0.4, -0.2) is 54.2 Å². The number of alkyl halides is 2. The molecule has 1 atom stereocenters. The zero-order chi connectivity index (χ0) is 23.5. The Balaban J connectivity index is 1.45.